The molecule has 0 aliphatic rings. The van der Waals surface area contributed by atoms with Gasteiger partial charge in [-0.2, -0.15) is 13.2 Å². The van der Waals surface area contributed by atoms with Crippen LogP contribution in [-0.4, -0.2) is 38.4 Å². The van der Waals surface area contributed by atoms with Crippen LogP contribution in [0.25, 0.3) is 0 Å². The number of nitrogens with one attached hydrogen (secondary N) is 1. The van der Waals surface area contributed by atoms with Gasteiger partial charge >= 0.3 is 6.18 Å². The van der Waals surface area contributed by atoms with Crippen LogP contribution in [0.1, 0.15) is 0 Å². The van der Waals surface area contributed by atoms with E-state index in [1.807, 2.05) is 0 Å². The van der Waals surface area contributed by atoms with Crippen LogP contribution >= 0.6 is 11.6 Å². The minimum absolute atomic E-state index is 0.0150. The molecule has 8 heteroatoms. The van der Waals surface area contributed by atoms with Gasteiger partial charge in [0.05, 0.1) is 6.61 Å². The average Bonchev–Trinajstić information content (AvgIpc) is 2.36. The Balaban J connectivity index is 2.10. The summed E-state index contributed by atoms with van der Waals surface area (Å²) in [6, 6.07) is 6.42. The predicted octanol–water partition coefficient (Wildman–Crippen LogP) is 2.41. The molecule has 1 rings (SSSR count). The van der Waals surface area contributed by atoms with Crippen LogP contribution in [-0.2, 0) is 9.53 Å². The summed E-state index contributed by atoms with van der Waals surface area (Å²) >= 11 is 5.68. The van der Waals surface area contributed by atoms with Gasteiger partial charge in [-0.15, -0.1) is 0 Å². The van der Waals surface area contributed by atoms with Gasteiger partial charge in [-0.3, -0.25) is 4.79 Å². The van der Waals surface area contributed by atoms with Crippen LogP contribution in [0.15, 0.2) is 24.3 Å². The van der Waals surface area contributed by atoms with E-state index >= 15 is 0 Å². The Bertz CT molecular complexity index is 423. The van der Waals surface area contributed by atoms with Crippen LogP contribution in [0.2, 0.25) is 5.02 Å². The molecular weight excluding hydrogens is 299 g/mol. The zero-order valence-electron chi connectivity index (χ0n) is 10.4. The van der Waals surface area contributed by atoms with E-state index in [9.17, 15) is 18.0 Å². The van der Waals surface area contributed by atoms with Gasteiger partial charge in [0.1, 0.15) is 12.4 Å². The second kappa shape index (κ2) is 7.96. The highest BCUT2D eigenvalue weighted by Gasteiger charge is 2.27. The van der Waals surface area contributed by atoms with Crippen LogP contribution < -0.4 is 10.1 Å². The Morgan fingerprint density at radius 3 is 2.50 bits per heavy atom. The molecule has 0 radical (unpaired) electrons. The summed E-state index contributed by atoms with van der Waals surface area (Å²) < 4.78 is 44.7. The number of ether oxygens (including phenoxy) is 2. The third-order valence-corrected chi connectivity index (χ3v) is 2.27. The first kappa shape index (κ1) is 16.6. The third-order valence-electron chi connectivity index (χ3n) is 2.02. The lowest BCUT2D eigenvalue weighted by Crippen LogP contribution is -2.32. The van der Waals surface area contributed by atoms with Gasteiger partial charge in [0.25, 0.3) is 5.91 Å². The highest BCUT2D eigenvalue weighted by Crippen LogP contribution is 2.15. The van der Waals surface area contributed by atoms with Gasteiger partial charge in [0, 0.05) is 11.6 Å². The number of halogens is 4. The van der Waals surface area contributed by atoms with Crippen molar-refractivity contribution in [2.45, 2.75) is 6.18 Å². The number of carbonyl (C=O) groups excluding carboxylic acids is 1. The van der Waals surface area contributed by atoms with E-state index in [2.05, 4.69) is 10.1 Å². The highest BCUT2D eigenvalue weighted by atomic mass is 35.5. The molecule has 1 aromatic carbocycles. The Labute approximate surface area is 118 Å². The quantitative estimate of drug-likeness (QED) is 0.787. The SMILES string of the molecule is O=C(COc1ccc(Cl)cc1)NCCOCC(F)(F)F. The van der Waals surface area contributed by atoms with E-state index in [1.165, 1.54) is 0 Å². The Kier molecular flexibility index (Phi) is 6.60. The Morgan fingerprint density at radius 2 is 1.90 bits per heavy atom. The van der Waals surface area contributed by atoms with Gasteiger partial charge in [-0.25, -0.2) is 0 Å². The van der Waals surface area contributed by atoms with Crippen molar-refractivity contribution in [1.29, 1.82) is 0 Å². The third kappa shape index (κ3) is 7.85. The number of benzene rings is 1. The fraction of sp³-hybridized carbons (Fsp3) is 0.417. The molecule has 1 aromatic rings. The molecule has 1 N–H and O–H groups in total. The van der Waals surface area contributed by atoms with E-state index in [1.54, 1.807) is 24.3 Å². The molecule has 0 saturated heterocycles. The van der Waals surface area contributed by atoms with Crippen molar-refractivity contribution >= 4 is 17.5 Å². The molecule has 1 amide bonds. The summed E-state index contributed by atoms with van der Waals surface area (Å²) in [7, 11) is 0. The summed E-state index contributed by atoms with van der Waals surface area (Å²) in [5.41, 5.74) is 0. The lowest BCUT2D eigenvalue weighted by atomic mass is 10.3. The first-order valence-electron chi connectivity index (χ1n) is 5.66. The van der Waals surface area contributed by atoms with Crippen LogP contribution in [0, 0.1) is 0 Å². The van der Waals surface area contributed by atoms with E-state index in [0.717, 1.165) is 0 Å². The van der Waals surface area contributed by atoms with Gasteiger partial charge in [-0.1, -0.05) is 11.6 Å². The maximum atomic E-state index is 11.7. The van der Waals surface area contributed by atoms with Gasteiger partial charge in [-0.05, 0) is 24.3 Å². The summed E-state index contributed by atoms with van der Waals surface area (Å²) in [5, 5.41) is 2.91. The topological polar surface area (TPSA) is 47.6 Å². The molecule has 0 heterocycles. The van der Waals surface area contributed by atoms with E-state index in [-0.39, 0.29) is 19.8 Å². The average molecular weight is 312 g/mol. The van der Waals surface area contributed by atoms with Crippen molar-refractivity contribution in [3.05, 3.63) is 29.3 Å². The molecule has 0 saturated carbocycles. The van der Waals surface area contributed by atoms with E-state index in [4.69, 9.17) is 16.3 Å². The number of rotatable bonds is 7. The van der Waals surface area contributed by atoms with Gasteiger partial charge in [0.15, 0.2) is 6.61 Å². The van der Waals surface area contributed by atoms with E-state index in [0.29, 0.717) is 10.8 Å². The molecule has 0 aliphatic heterocycles. The first-order chi connectivity index (χ1) is 9.37. The Morgan fingerprint density at radius 1 is 1.25 bits per heavy atom. The number of alkyl halides is 3. The Hall–Kier alpha value is -1.47. The summed E-state index contributed by atoms with van der Waals surface area (Å²) in [5.74, 6) is 0.0217. The van der Waals surface area contributed by atoms with Crippen molar-refractivity contribution < 1.29 is 27.4 Å². The zero-order chi connectivity index (χ0) is 15.0. The smallest absolute Gasteiger partial charge is 0.411 e. The molecular formula is C12H13ClF3NO3. The summed E-state index contributed by atoms with van der Waals surface area (Å²) in [6.07, 6.45) is -4.36. The van der Waals surface area contributed by atoms with Gasteiger partial charge in [0.2, 0.25) is 0 Å². The van der Waals surface area contributed by atoms with Crippen LogP contribution in [0.5, 0.6) is 5.75 Å². The lowest BCUT2D eigenvalue weighted by molar-refractivity contribution is -0.173. The fourth-order valence-corrected chi connectivity index (χ4v) is 1.31. The molecule has 0 spiro atoms. The molecule has 112 valence electrons. The normalized spacial score (nSPS) is 11.2. The van der Waals surface area contributed by atoms with Crippen molar-refractivity contribution in [2.75, 3.05) is 26.4 Å². The molecule has 0 atom stereocenters. The number of hydrogen-bond acceptors (Lipinski definition) is 3. The maximum Gasteiger partial charge on any atom is 0.411 e. The van der Waals surface area contributed by atoms with Crippen LogP contribution in [0.3, 0.4) is 0 Å². The van der Waals surface area contributed by atoms with Crippen molar-refractivity contribution in [3.63, 3.8) is 0 Å². The first-order valence-corrected chi connectivity index (χ1v) is 6.04. The lowest BCUT2D eigenvalue weighted by Gasteiger charge is -2.09. The van der Waals surface area contributed by atoms with Crippen molar-refractivity contribution in [3.8, 4) is 5.75 Å². The monoisotopic (exact) mass is 311 g/mol. The van der Waals surface area contributed by atoms with Gasteiger partial charge < -0.3 is 14.8 Å². The number of carbonyl (C=O) groups is 1. The molecule has 0 bridgehead atoms. The van der Waals surface area contributed by atoms with E-state index < -0.39 is 18.7 Å². The summed E-state index contributed by atoms with van der Waals surface area (Å²) in [4.78, 5) is 11.3. The standard InChI is InChI=1S/C12H13ClF3NO3/c13-9-1-3-10(4-2-9)20-7-11(18)17-5-6-19-8-12(14,15)16/h1-4H,5-8H2,(H,17,18). The zero-order valence-corrected chi connectivity index (χ0v) is 11.1. The second-order valence-electron chi connectivity index (χ2n) is 3.76. The number of hydrogen-bond donors (Lipinski definition) is 1. The highest BCUT2D eigenvalue weighted by molar-refractivity contribution is 6.30. The molecule has 4 nitrogen and oxygen atoms in total. The molecule has 0 aliphatic carbocycles. The summed E-state index contributed by atoms with van der Waals surface area (Å²) in [6.45, 7) is -1.80. The largest absolute Gasteiger partial charge is 0.484 e. The van der Waals surface area contributed by atoms with Crippen molar-refractivity contribution in [2.24, 2.45) is 0 Å². The minimum atomic E-state index is -4.36. The molecule has 0 aromatic heterocycles. The predicted molar refractivity (Wildman–Crippen MR) is 66.8 cm³/mol. The molecule has 20 heavy (non-hydrogen) atoms. The fourth-order valence-electron chi connectivity index (χ4n) is 1.18. The minimum Gasteiger partial charge on any atom is -0.484 e. The van der Waals surface area contributed by atoms with Crippen LogP contribution in [0.4, 0.5) is 13.2 Å². The molecule has 0 fully saturated rings. The van der Waals surface area contributed by atoms with Crippen molar-refractivity contribution in [1.82, 2.24) is 5.32 Å². The maximum absolute atomic E-state index is 11.7. The number of amides is 1. The molecule has 0 unspecified atom stereocenters. The second-order valence-corrected chi connectivity index (χ2v) is 4.20.